The summed E-state index contributed by atoms with van der Waals surface area (Å²) in [7, 11) is 0. The molecule has 14 heavy (non-hydrogen) atoms. The Morgan fingerprint density at radius 2 is 2.00 bits per heavy atom. The highest BCUT2D eigenvalue weighted by Gasteiger charge is 2.28. The summed E-state index contributed by atoms with van der Waals surface area (Å²) >= 11 is 17.8. The Balaban J connectivity index is 2.79. The van der Waals surface area contributed by atoms with Crippen molar-refractivity contribution in [3.8, 4) is 0 Å². The molecule has 0 spiro atoms. The molecule has 1 heterocycles. The zero-order chi connectivity index (χ0) is 10.8. The Bertz CT molecular complexity index is 330. The van der Waals surface area contributed by atoms with E-state index >= 15 is 0 Å². The van der Waals surface area contributed by atoms with E-state index in [4.69, 9.17) is 34.8 Å². The second-order valence-electron chi connectivity index (χ2n) is 2.71. The highest BCUT2D eigenvalue weighted by atomic mass is 35.6. The first-order valence-electron chi connectivity index (χ1n) is 3.71. The van der Waals surface area contributed by atoms with Crippen molar-refractivity contribution in [1.82, 2.24) is 9.36 Å². The fourth-order valence-corrected chi connectivity index (χ4v) is 1.50. The smallest absolute Gasteiger partial charge is 0.196 e. The van der Waals surface area contributed by atoms with Gasteiger partial charge in [0, 0.05) is 11.5 Å². The number of halogens is 3. The van der Waals surface area contributed by atoms with Crippen LogP contribution < -0.4 is 0 Å². The monoisotopic (exact) mass is 272 g/mol. The van der Waals surface area contributed by atoms with Crippen molar-refractivity contribution in [1.29, 1.82) is 0 Å². The van der Waals surface area contributed by atoms with Crippen molar-refractivity contribution in [3.05, 3.63) is 5.82 Å². The fourth-order valence-electron chi connectivity index (χ4n) is 0.536. The zero-order valence-corrected chi connectivity index (χ0v) is 10.5. The van der Waals surface area contributed by atoms with Crippen molar-refractivity contribution < 1.29 is 0 Å². The molecule has 0 fully saturated rings. The summed E-state index contributed by atoms with van der Waals surface area (Å²) in [5, 5.41) is 8.12. The molecule has 1 rings (SSSR count). The summed E-state index contributed by atoms with van der Waals surface area (Å²) in [6, 6.07) is 0.107. The van der Waals surface area contributed by atoms with E-state index in [-0.39, 0.29) is 11.9 Å². The molecule has 1 aromatic heterocycles. The van der Waals surface area contributed by atoms with Crippen LogP contribution in [0.3, 0.4) is 0 Å². The van der Waals surface area contributed by atoms with E-state index in [2.05, 4.69) is 19.6 Å². The first-order chi connectivity index (χ1) is 6.39. The van der Waals surface area contributed by atoms with E-state index in [1.54, 1.807) is 0 Å². The third kappa shape index (κ3) is 3.65. The molecular weight excluding hydrogens is 267 g/mol. The lowest BCUT2D eigenvalue weighted by atomic mass is 10.4. The van der Waals surface area contributed by atoms with Gasteiger partial charge in [0.05, 0.1) is 6.04 Å². The minimum Gasteiger partial charge on any atom is -0.196 e. The predicted octanol–water partition coefficient (Wildman–Crippen LogP) is 3.86. The standard InChI is InChI=1S/C6H7Cl3N4S/c1-3(2)11-12-5-10-4(13-14-5)6(7,8)9/h3H,1-2H3. The van der Waals surface area contributed by atoms with Crippen LogP contribution in [0.15, 0.2) is 10.2 Å². The largest absolute Gasteiger partial charge is 0.251 e. The summed E-state index contributed by atoms with van der Waals surface area (Å²) in [6.45, 7) is 3.81. The molecule has 0 N–H and O–H groups in total. The maximum Gasteiger partial charge on any atom is 0.251 e. The number of hydrogen-bond acceptors (Lipinski definition) is 5. The molecular formula is C6H7Cl3N4S. The summed E-state index contributed by atoms with van der Waals surface area (Å²) in [6.07, 6.45) is 0. The molecule has 0 atom stereocenters. The van der Waals surface area contributed by atoms with E-state index in [0.29, 0.717) is 5.13 Å². The van der Waals surface area contributed by atoms with Gasteiger partial charge < -0.3 is 0 Å². The lowest BCUT2D eigenvalue weighted by Gasteiger charge is -2.02. The van der Waals surface area contributed by atoms with E-state index in [1.807, 2.05) is 13.8 Å². The van der Waals surface area contributed by atoms with E-state index in [1.165, 1.54) is 0 Å². The summed E-state index contributed by atoms with van der Waals surface area (Å²) < 4.78 is 2.25. The Morgan fingerprint density at radius 3 is 2.43 bits per heavy atom. The normalized spacial score (nSPS) is 13.0. The average Bonchev–Trinajstić information content (AvgIpc) is 2.47. The Labute approximate surface area is 100 Å². The lowest BCUT2D eigenvalue weighted by molar-refractivity contribution is 0.777. The first kappa shape index (κ1) is 12.1. The lowest BCUT2D eigenvalue weighted by Crippen LogP contribution is -2.01. The number of nitrogens with zero attached hydrogens (tertiary/aromatic N) is 4. The topological polar surface area (TPSA) is 50.5 Å². The fraction of sp³-hybridized carbons (Fsp3) is 0.667. The minimum absolute atomic E-state index is 0.107. The molecule has 0 bridgehead atoms. The van der Waals surface area contributed by atoms with Gasteiger partial charge in [-0.15, -0.1) is 5.11 Å². The average molecular weight is 274 g/mol. The van der Waals surface area contributed by atoms with Crippen molar-refractivity contribution in [2.24, 2.45) is 10.2 Å². The van der Waals surface area contributed by atoms with Crippen LogP contribution in [0.25, 0.3) is 0 Å². The maximum absolute atomic E-state index is 5.57. The number of aromatic nitrogens is 2. The van der Waals surface area contributed by atoms with Crippen LogP contribution in [0.2, 0.25) is 0 Å². The summed E-state index contributed by atoms with van der Waals surface area (Å²) in [5.41, 5.74) is 0. The Hall–Kier alpha value is 0.0300. The molecule has 0 aliphatic rings. The molecule has 0 aliphatic heterocycles. The molecule has 0 radical (unpaired) electrons. The van der Waals surface area contributed by atoms with E-state index < -0.39 is 3.79 Å². The molecule has 1 aromatic rings. The van der Waals surface area contributed by atoms with Crippen molar-refractivity contribution >= 4 is 51.5 Å². The van der Waals surface area contributed by atoms with Gasteiger partial charge >= 0.3 is 0 Å². The molecule has 0 unspecified atom stereocenters. The van der Waals surface area contributed by atoms with Gasteiger partial charge in [0.15, 0.2) is 5.82 Å². The van der Waals surface area contributed by atoms with E-state index in [0.717, 1.165) is 11.5 Å². The van der Waals surface area contributed by atoms with Crippen LogP contribution in [-0.2, 0) is 3.79 Å². The SMILES string of the molecule is CC(C)N=Nc1nc(C(Cl)(Cl)Cl)ns1. The van der Waals surface area contributed by atoms with Gasteiger partial charge in [0.1, 0.15) is 0 Å². The van der Waals surface area contributed by atoms with Gasteiger partial charge in [0.25, 0.3) is 3.79 Å². The third-order valence-corrected chi connectivity index (χ3v) is 2.15. The summed E-state index contributed by atoms with van der Waals surface area (Å²) in [4.78, 5) is 3.90. The van der Waals surface area contributed by atoms with Crippen LogP contribution in [0, 0.1) is 0 Å². The molecule has 0 aliphatic carbocycles. The number of alkyl halides is 3. The van der Waals surface area contributed by atoms with E-state index in [9.17, 15) is 0 Å². The third-order valence-electron chi connectivity index (χ3n) is 1.04. The minimum atomic E-state index is -1.60. The number of hydrogen-bond donors (Lipinski definition) is 0. The molecule has 0 aromatic carbocycles. The van der Waals surface area contributed by atoms with Gasteiger partial charge in [-0.1, -0.05) is 34.8 Å². The van der Waals surface area contributed by atoms with Crippen molar-refractivity contribution in [2.45, 2.75) is 23.7 Å². The number of azo groups is 1. The quantitative estimate of drug-likeness (QED) is 0.607. The Kier molecular flexibility index (Phi) is 4.06. The molecule has 0 saturated carbocycles. The van der Waals surface area contributed by atoms with Crippen LogP contribution in [0.4, 0.5) is 5.13 Å². The molecule has 4 nitrogen and oxygen atoms in total. The maximum atomic E-state index is 5.57. The zero-order valence-electron chi connectivity index (χ0n) is 7.41. The predicted molar refractivity (Wildman–Crippen MR) is 58.8 cm³/mol. The number of rotatable bonds is 2. The molecule has 8 heteroatoms. The molecule has 0 saturated heterocycles. The summed E-state index contributed by atoms with van der Waals surface area (Å²) in [5.74, 6) is 0.130. The first-order valence-corrected chi connectivity index (χ1v) is 5.62. The van der Waals surface area contributed by atoms with Crippen LogP contribution in [0.5, 0.6) is 0 Å². The van der Waals surface area contributed by atoms with Gasteiger partial charge in [0.2, 0.25) is 5.13 Å². The van der Waals surface area contributed by atoms with Gasteiger partial charge in [-0.3, -0.25) is 0 Å². The molecule has 78 valence electrons. The highest BCUT2D eigenvalue weighted by Crippen LogP contribution is 2.37. The highest BCUT2D eigenvalue weighted by molar-refractivity contribution is 7.09. The van der Waals surface area contributed by atoms with Gasteiger partial charge in [-0.05, 0) is 13.8 Å². The van der Waals surface area contributed by atoms with Crippen LogP contribution in [-0.4, -0.2) is 15.4 Å². The molecule has 0 amide bonds. The Morgan fingerprint density at radius 1 is 1.36 bits per heavy atom. The second-order valence-corrected chi connectivity index (χ2v) is 5.72. The van der Waals surface area contributed by atoms with Gasteiger partial charge in [-0.25, -0.2) is 0 Å². The van der Waals surface area contributed by atoms with Crippen molar-refractivity contribution in [3.63, 3.8) is 0 Å². The second kappa shape index (κ2) is 4.70. The van der Waals surface area contributed by atoms with Crippen LogP contribution >= 0.6 is 46.3 Å². The van der Waals surface area contributed by atoms with Crippen molar-refractivity contribution in [2.75, 3.05) is 0 Å². The van der Waals surface area contributed by atoms with Gasteiger partial charge in [-0.2, -0.15) is 14.5 Å². The van der Waals surface area contributed by atoms with Crippen LogP contribution in [0.1, 0.15) is 19.7 Å².